The standard InChI is InChI=1S/C7H9N.ClHO3S/c1-6-4-3-5-8-7(6)2;1-5(2,3)4/h3-5H,1-2H3;(H,2,3,4). The number of hydrogen-bond acceptors (Lipinski definition) is 3. The van der Waals surface area contributed by atoms with Gasteiger partial charge in [-0.2, -0.15) is 8.42 Å². The monoisotopic (exact) mass is 223 g/mol. The summed E-state index contributed by atoms with van der Waals surface area (Å²) in [6.07, 6.45) is 1.81. The number of rotatable bonds is 0. The molecule has 0 bridgehead atoms. The van der Waals surface area contributed by atoms with Crippen molar-refractivity contribution in [3.8, 4) is 0 Å². The Morgan fingerprint density at radius 3 is 2.15 bits per heavy atom. The Labute approximate surface area is 81.8 Å². The number of pyridine rings is 1. The summed E-state index contributed by atoms with van der Waals surface area (Å²) in [5, 5.41) is 0. The van der Waals surface area contributed by atoms with E-state index in [1.165, 1.54) is 5.56 Å². The molecular formula is C7H10ClNO3S. The molecule has 0 aromatic carbocycles. The Morgan fingerprint density at radius 2 is 1.92 bits per heavy atom. The van der Waals surface area contributed by atoms with Crippen LogP contribution >= 0.6 is 10.7 Å². The molecule has 1 N–H and O–H groups in total. The van der Waals surface area contributed by atoms with Gasteiger partial charge in [0.25, 0.3) is 0 Å². The molecule has 4 nitrogen and oxygen atoms in total. The summed E-state index contributed by atoms with van der Waals surface area (Å²) in [7, 11) is -0.137. The summed E-state index contributed by atoms with van der Waals surface area (Å²) < 4.78 is 25.2. The SMILES string of the molecule is Cc1cccnc1C.O=S(=O)(O)Cl. The number of aryl methyl sites for hydroxylation is 2. The third kappa shape index (κ3) is 9.26. The first-order valence-corrected chi connectivity index (χ1v) is 5.62. The van der Waals surface area contributed by atoms with Crippen molar-refractivity contribution in [2.24, 2.45) is 0 Å². The number of aromatic nitrogens is 1. The normalized spacial score (nSPS) is 10.2. The number of nitrogens with zero attached hydrogens (tertiary/aromatic N) is 1. The van der Waals surface area contributed by atoms with Gasteiger partial charge in [-0.1, -0.05) is 6.07 Å². The average molecular weight is 224 g/mol. The molecule has 0 amide bonds. The molecule has 1 heterocycles. The Morgan fingerprint density at radius 1 is 1.46 bits per heavy atom. The van der Waals surface area contributed by atoms with E-state index in [1.807, 2.05) is 19.2 Å². The van der Waals surface area contributed by atoms with Crippen molar-refractivity contribution >= 4 is 20.0 Å². The predicted molar refractivity (Wildman–Crippen MR) is 51.1 cm³/mol. The topological polar surface area (TPSA) is 67.3 Å². The van der Waals surface area contributed by atoms with Crippen molar-refractivity contribution in [2.75, 3.05) is 0 Å². The molecular weight excluding hydrogens is 214 g/mol. The van der Waals surface area contributed by atoms with Gasteiger partial charge in [-0.15, -0.1) is 0 Å². The molecule has 0 aliphatic heterocycles. The van der Waals surface area contributed by atoms with E-state index in [0.29, 0.717) is 0 Å². The van der Waals surface area contributed by atoms with Crippen LogP contribution in [0.2, 0.25) is 0 Å². The van der Waals surface area contributed by atoms with Crippen LogP contribution in [0.1, 0.15) is 11.3 Å². The summed E-state index contributed by atoms with van der Waals surface area (Å²) in [4.78, 5) is 4.08. The summed E-state index contributed by atoms with van der Waals surface area (Å²) in [5.74, 6) is 0. The van der Waals surface area contributed by atoms with E-state index in [4.69, 9.17) is 13.0 Å². The third-order valence-electron chi connectivity index (χ3n) is 1.27. The summed E-state index contributed by atoms with van der Waals surface area (Å²) in [6.45, 7) is 4.07. The van der Waals surface area contributed by atoms with E-state index in [-0.39, 0.29) is 0 Å². The fraction of sp³-hybridized carbons (Fsp3) is 0.286. The highest BCUT2D eigenvalue weighted by molar-refractivity contribution is 8.09. The van der Waals surface area contributed by atoms with Crippen molar-refractivity contribution in [3.05, 3.63) is 29.6 Å². The Hall–Kier alpha value is -0.650. The fourth-order valence-electron chi connectivity index (χ4n) is 0.565. The summed E-state index contributed by atoms with van der Waals surface area (Å²) in [6, 6.07) is 4.00. The molecule has 74 valence electrons. The zero-order valence-corrected chi connectivity index (χ0v) is 8.80. The van der Waals surface area contributed by atoms with Gasteiger partial charge in [0, 0.05) is 22.6 Å². The van der Waals surface area contributed by atoms with Crippen molar-refractivity contribution in [1.29, 1.82) is 0 Å². The van der Waals surface area contributed by atoms with Crippen LogP contribution in [0.25, 0.3) is 0 Å². The van der Waals surface area contributed by atoms with Gasteiger partial charge in [-0.05, 0) is 25.5 Å². The lowest BCUT2D eigenvalue weighted by molar-refractivity contribution is 0.501. The van der Waals surface area contributed by atoms with Gasteiger partial charge < -0.3 is 0 Å². The van der Waals surface area contributed by atoms with E-state index in [2.05, 4.69) is 28.7 Å². The Kier molecular flexibility index (Phi) is 4.90. The lowest BCUT2D eigenvalue weighted by Crippen LogP contribution is -1.81. The van der Waals surface area contributed by atoms with Crippen LogP contribution in [0.5, 0.6) is 0 Å². The zero-order chi connectivity index (χ0) is 10.5. The van der Waals surface area contributed by atoms with Gasteiger partial charge >= 0.3 is 9.33 Å². The molecule has 0 atom stereocenters. The second-order valence-electron chi connectivity index (χ2n) is 2.32. The van der Waals surface area contributed by atoms with Gasteiger partial charge in [-0.3, -0.25) is 9.54 Å². The molecule has 0 spiro atoms. The van der Waals surface area contributed by atoms with Gasteiger partial charge in [-0.25, -0.2) is 0 Å². The minimum atomic E-state index is -4.19. The van der Waals surface area contributed by atoms with Crippen molar-refractivity contribution < 1.29 is 13.0 Å². The van der Waals surface area contributed by atoms with E-state index < -0.39 is 9.33 Å². The molecule has 0 unspecified atom stereocenters. The molecule has 0 saturated heterocycles. The van der Waals surface area contributed by atoms with Gasteiger partial charge in [0.15, 0.2) is 0 Å². The first-order valence-electron chi connectivity index (χ1n) is 3.36. The van der Waals surface area contributed by atoms with Crippen molar-refractivity contribution in [1.82, 2.24) is 4.98 Å². The lowest BCUT2D eigenvalue weighted by atomic mass is 10.2. The van der Waals surface area contributed by atoms with Crippen LogP contribution in [-0.4, -0.2) is 18.0 Å². The molecule has 0 fully saturated rings. The second kappa shape index (κ2) is 5.16. The van der Waals surface area contributed by atoms with Crippen LogP contribution in [-0.2, 0) is 9.33 Å². The van der Waals surface area contributed by atoms with Crippen LogP contribution < -0.4 is 0 Å². The molecule has 0 saturated carbocycles. The van der Waals surface area contributed by atoms with Crippen molar-refractivity contribution in [2.45, 2.75) is 13.8 Å². The maximum Gasteiger partial charge on any atom is 0.353 e. The summed E-state index contributed by atoms with van der Waals surface area (Å²) >= 11 is 0. The minimum Gasteiger partial charge on any atom is -0.273 e. The molecule has 0 aliphatic rings. The highest BCUT2D eigenvalue weighted by atomic mass is 35.7. The second-order valence-corrected chi connectivity index (χ2v) is 4.31. The Balaban J connectivity index is 0.000000252. The molecule has 0 aliphatic carbocycles. The van der Waals surface area contributed by atoms with E-state index in [0.717, 1.165) is 5.69 Å². The molecule has 1 aromatic rings. The van der Waals surface area contributed by atoms with Crippen molar-refractivity contribution in [3.63, 3.8) is 0 Å². The molecule has 1 rings (SSSR count). The van der Waals surface area contributed by atoms with Crippen LogP contribution in [0.3, 0.4) is 0 Å². The predicted octanol–water partition coefficient (Wildman–Crippen LogP) is 1.73. The van der Waals surface area contributed by atoms with E-state index >= 15 is 0 Å². The van der Waals surface area contributed by atoms with Gasteiger partial charge in [0.05, 0.1) is 0 Å². The zero-order valence-electron chi connectivity index (χ0n) is 7.23. The highest BCUT2D eigenvalue weighted by Gasteiger charge is 1.87. The number of hydrogen-bond donors (Lipinski definition) is 1. The van der Waals surface area contributed by atoms with Crippen LogP contribution in [0.4, 0.5) is 0 Å². The molecule has 13 heavy (non-hydrogen) atoms. The highest BCUT2D eigenvalue weighted by Crippen LogP contribution is 1.98. The smallest absolute Gasteiger partial charge is 0.273 e. The maximum absolute atomic E-state index is 8.95. The fourth-order valence-corrected chi connectivity index (χ4v) is 0.565. The largest absolute Gasteiger partial charge is 0.353 e. The first kappa shape index (κ1) is 12.3. The molecule has 0 radical (unpaired) electrons. The Bertz CT molecular complexity index is 335. The lowest BCUT2D eigenvalue weighted by Gasteiger charge is -1.92. The quantitative estimate of drug-likeness (QED) is 0.537. The van der Waals surface area contributed by atoms with E-state index in [1.54, 1.807) is 0 Å². The van der Waals surface area contributed by atoms with Gasteiger partial charge in [0.2, 0.25) is 0 Å². The first-order chi connectivity index (χ1) is 5.80. The van der Waals surface area contributed by atoms with E-state index in [9.17, 15) is 0 Å². The minimum absolute atomic E-state index is 1.12. The molecule has 6 heteroatoms. The van der Waals surface area contributed by atoms with Crippen LogP contribution in [0.15, 0.2) is 18.3 Å². The maximum atomic E-state index is 8.95. The van der Waals surface area contributed by atoms with Gasteiger partial charge in [0.1, 0.15) is 0 Å². The third-order valence-corrected chi connectivity index (χ3v) is 1.27. The molecule has 1 aromatic heterocycles. The average Bonchev–Trinajstić information content (AvgIpc) is 1.92. The van der Waals surface area contributed by atoms with Crippen LogP contribution in [0, 0.1) is 13.8 Å². The summed E-state index contributed by atoms with van der Waals surface area (Å²) in [5.41, 5.74) is 2.38. The number of halogens is 1.